The molecule has 0 amide bonds. The Kier molecular flexibility index (Phi) is 3.78. The molecular formula is C17H16N4O2S. The van der Waals surface area contributed by atoms with Crippen molar-refractivity contribution < 1.29 is 9.47 Å². The molecule has 0 bridgehead atoms. The van der Waals surface area contributed by atoms with Crippen LogP contribution in [0, 0.1) is 0 Å². The molecule has 2 aromatic heterocycles. The van der Waals surface area contributed by atoms with Gasteiger partial charge in [0.1, 0.15) is 11.2 Å². The number of hydrazone groups is 1. The van der Waals surface area contributed by atoms with E-state index in [1.54, 1.807) is 23.9 Å². The summed E-state index contributed by atoms with van der Waals surface area (Å²) in [5, 5.41) is 5.28. The third kappa shape index (κ3) is 2.67. The standard InChI is InChI=1S/C17H16N4O2S/c1-10(2)14-6-12-16(18-8-19-17(12)24-14)21-20-7-11-4-3-5-13-15(11)23-9-22-13/h3-8,10H,9H2,1-2H3,(H,18,19,21). The second-order valence-electron chi connectivity index (χ2n) is 5.70. The number of fused-ring (bicyclic) bond motifs is 2. The molecule has 0 aliphatic carbocycles. The van der Waals surface area contributed by atoms with Crippen molar-refractivity contribution in [1.29, 1.82) is 0 Å². The Morgan fingerprint density at radius 2 is 2.21 bits per heavy atom. The number of ether oxygens (including phenoxy) is 2. The highest BCUT2D eigenvalue weighted by Crippen LogP contribution is 2.35. The number of rotatable bonds is 4. The van der Waals surface area contributed by atoms with Crippen molar-refractivity contribution in [3.8, 4) is 11.5 Å². The summed E-state index contributed by atoms with van der Waals surface area (Å²) in [6.07, 6.45) is 3.26. The summed E-state index contributed by atoms with van der Waals surface area (Å²) < 4.78 is 10.8. The normalized spacial score (nSPS) is 13.3. The second-order valence-corrected chi connectivity index (χ2v) is 6.76. The number of benzene rings is 1. The zero-order valence-electron chi connectivity index (χ0n) is 13.3. The Bertz CT molecular complexity index is 920. The first-order valence-electron chi connectivity index (χ1n) is 7.64. The molecule has 0 radical (unpaired) electrons. The van der Waals surface area contributed by atoms with Crippen LogP contribution in [0.2, 0.25) is 0 Å². The minimum absolute atomic E-state index is 0.243. The fourth-order valence-electron chi connectivity index (χ4n) is 2.47. The first kappa shape index (κ1) is 14.9. The van der Waals surface area contributed by atoms with Crippen molar-refractivity contribution in [2.45, 2.75) is 19.8 Å². The van der Waals surface area contributed by atoms with E-state index in [4.69, 9.17) is 9.47 Å². The van der Waals surface area contributed by atoms with Crippen LogP contribution in [0.15, 0.2) is 35.7 Å². The van der Waals surface area contributed by atoms with Crippen molar-refractivity contribution in [2.24, 2.45) is 5.10 Å². The fraction of sp³-hybridized carbons (Fsp3) is 0.235. The van der Waals surface area contributed by atoms with Gasteiger partial charge in [-0.15, -0.1) is 11.3 Å². The number of hydrogen-bond acceptors (Lipinski definition) is 7. The lowest BCUT2D eigenvalue weighted by atomic mass is 10.2. The molecule has 3 aromatic rings. The van der Waals surface area contributed by atoms with Gasteiger partial charge < -0.3 is 9.47 Å². The Morgan fingerprint density at radius 3 is 3.08 bits per heavy atom. The minimum Gasteiger partial charge on any atom is -0.454 e. The molecule has 0 atom stereocenters. The van der Waals surface area contributed by atoms with Gasteiger partial charge in [0.05, 0.1) is 11.6 Å². The van der Waals surface area contributed by atoms with Crippen molar-refractivity contribution in [3.63, 3.8) is 0 Å². The summed E-state index contributed by atoms with van der Waals surface area (Å²) in [5.74, 6) is 2.62. The Hall–Kier alpha value is -2.67. The van der Waals surface area contributed by atoms with Gasteiger partial charge in [0, 0.05) is 10.4 Å². The maximum Gasteiger partial charge on any atom is 0.231 e. The van der Waals surface area contributed by atoms with Crippen LogP contribution in [0.4, 0.5) is 5.82 Å². The molecular weight excluding hydrogens is 324 g/mol. The first-order chi connectivity index (χ1) is 11.7. The molecule has 122 valence electrons. The van der Waals surface area contributed by atoms with E-state index in [1.807, 2.05) is 18.2 Å². The van der Waals surface area contributed by atoms with E-state index in [1.165, 1.54) is 4.88 Å². The van der Waals surface area contributed by atoms with Crippen LogP contribution in [-0.4, -0.2) is 23.0 Å². The van der Waals surface area contributed by atoms with Crippen LogP contribution >= 0.6 is 11.3 Å². The summed E-state index contributed by atoms with van der Waals surface area (Å²) in [6.45, 7) is 4.58. The van der Waals surface area contributed by atoms with E-state index < -0.39 is 0 Å². The summed E-state index contributed by atoms with van der Waals surface area (Å²) >= 11 is 1.69. The highest BCUT2D eigenvalue weighted by atomic mass is 32.1. The zero-order valence-corrected chi connectivity index (χ0v) is 14.1. The number of aromatic nitrogens is 2. The molecule has 6 nitrogen and oxygen atoms in total. The Balaban J connectivity index is 1.60. The van der Waals surface area contributed by atoms with Gasteiger partial charge in [-0.25, -0.2) is 9.97 Å². The largest absolute Gasteiger partial charge is 0.454 e. The zero-order chi connectivity index (χ0) is 16.5. The van der Waals surface area contributed by atoms with E-state index in [0.29, 0.717) is 17.5 Å². The van der Waals surface area contributed by atoms with E-state index in [-0.39, 0.29) is 6.79 Å². The lowest BCUT2D eigenvalue weighted by Gasteiger charge is -2.02. The van der Waals surface area contributed by atoms with E-state index in [2.05, 4.69) is 40.4 Å². The second kappa shape index (κ2) is 6.09. The molecule has 0 fully saturated rings. The molecule has 3 heterocycles. The summed E-state index contributed by atoms with van der Waals surface area (Å²) in [6, 6.07) is 7.83. The van der Waals surface area contributed by atoms with Crippen molar-refractivity contribution in [2.75, 3.05) is 12.2 Å². The SMILES string of the molecule is CC(C)c1cc2c(NN=Cc3cccc4c3OCO4)ncnc2s1. The Morgan fingerprint density at radius 1 is 1.29 bits per heavy atom. The van der Waals surface area contributed by atoms with Gasteiger partial charge in [-0.1, -0.05) is 19.9 Å². The highest BCUT2D eigenvalue weighted by Gasteiger charge is 2.16. The van der Waals surface area contributed by atoms with E-state index in [9.17, 15) is 0 Å². The number of para-hydroxylation sites is 1. The maximum absolute atomic E-state index is 5.47. The third-order valence-electron chi connectivity index (χ3n) is 3.72. The quantitative estimate of drug-likeness (QED) is 0.574. The number of nitrogens with one attached hydrogen (secondary N) is 1. The molecule has 1 N–H and O–H groups in total. The lowest BCUT2D eigenvalue weighted by molar-refractivity contribution is 0.174. The van der Waals surface area contributed by atoms with Crippen LogP contribution in [0.25, 0.3) is 10.2 Å². The molecule has 4 rings (SSSR count). The number of hydrogen-bond donors (Lipinski definition) is 1. The summed E-state index contributed by atoms with van der Waals surface area (Å²) in [7, 11) is 0. The molecule has 0 spiro atoms. The van der Waals surface area contributed by atoms with Crippen LogP contribution in [-0.2, 0) is 0 Å². The smallest absolute Gasteiger partial charge is 0.231 e. The van der Waals surface area contributed by atoms with Crippen LogP contribution in [0.1, 0.15) is 30.2 Å². The predicted molar refractivity (Wildman–Crippen MR) is 95.3 cm³/mol. The lowest BCUT2D eigenvalue weighted by Crippen LogP contribution is -1.96. The van der Waals surface area contributed by atoms with Crippen molar-refractivity contribution in [1.82, 2.24) is 9.97 Å². The minimum atomic E-state index is 0.243. The predicted octanol–water partition coefficient (Wildman–Crippen LogP) is 3.99. The van der Waals surface area contributed by atoms with Crippen molar-refractivity contribution >= 4 is 33.6 Å². The average molecular weight is 340 g/mol. The molecule has 0 saturated heterocycles. The van der Waals surface area contributed by atoms with Gasteiger partial charge in [-0.2, -0.15) is 5.10 Å². The maximum atomic E-state index is 5.47. The van der Waals surface area contributed by atoms with Gasteiger partial charge in [0.25, 0.3) is 0 Å². The van der Waals surface area contributed by atoms with Gasteiger partial charge in [-0.3, -0.25) is 5.43 Å². The number of thiophene rings is 1. The first-order valence-corrected chi connectivity index (χ1v) is 8.46. The van der Waals surface area contributed by atoms with Gasteiger partial charge >= 0.3 is 0 Å². The van der Waals surface area contributed by atoms with Crippen LogP contribution < -0.4 is 14.9 Å². The van der Waals surface area contributed by atoms with Crippen LogP contribution in [0.3, 0.4) is 0 Å². The molecule has 1 aliphatic heterocycles. The molecule has 24 heavy (non-hydrogen) atoms. The number of nitrogens with zero attached hydrogens (tertiary/aromatic N) is 3. The molecule has 1 aliphatic rings. The summed E-state index contributed by atoms with van der Waals surface area (Å²) in [5.41, 5.74) is 3.87. The highest BCUT2D eigenvalue weighted by molar-refractivity contribution is 7.18. The third-order valence-corrected chi connectivity index (χ3v) is 5.06. The Labute approximate surface area is 143 Å². The summed E-state index contributed by atoms with van der Waals surface area (Å²) in [4.78, 5) is 10.9. The molecule has 1 aromatic carbocycles. The topological polar surface area (TPSA) is 68.6 Å². The van der Waals surface area contributed by atoms with Crippen LogP contribution in [0.5, 0.6) is 11.5 Å². The van der Waals surface area contributed by atoms with E-state index >= 15 is 0 Å². The monoisotopic (exact) mass is 340 g/mol. The fourth-order valence-corrected chi connectivity index (χ4v) is 3.47. The molecule has 7 heteroatoms. The van der Waals surface area contributed by atoms with Gasteiger partial charge in [0.2, 0.25) is 6.79 Å². The van der Waals surface area contributed by atoms with Gasteiger partial charge in [-0.05, 0) is 24.1 Å². The van der Waals surface area contributed by atoms with E-state index in [0.717, 1.165) is 21.5 Å². The number of anilines is 1. The average Bonchev–Trinajstić information content (AvgIpc) is 3.22. The molecule has 0 unspecified atom stereocenters. The van der Waals surface area contributed by atoms with Crippen molar-refractivity contribution in [3.05, 3.63) is 41.0 Å². The molecule has 0 saturated carbocycles. The van der Waals surface area contributed by atoms with Gasteiger partial charge in [0.15, 0.2) is 17.3 Å².